The highest BCUT2D eigenvalue weighted by Gasteiger charge is 2.16. The Balaban J connectivity index is 3.85. The third-order valence-corrected chi connectivity index (χ3v) is 2.64. The lowest BCUT2D eigenvalue weighted by Crippen LogP contribution is -2.14. The SMILES string of the molecule is CC(CO)CC=CC(C)C(C)(C)C. The van der Waals surface area contributed by atoms with E-state index in [2.05, 4.69) is 46.8 Å². The third kappa shape index (κ3) is 5.87. The summed E-state index contributed by atoms with van der Waals surface area (Å²) < 4.78 is 0. The molecule has 2 atom stereocenters. The molecule has 2 unspecified atom stereocenters. The van der Waals surface area contributed by atoms with Crippen molar-refractivity contribution in [3.8, 4) is 0 Å². The fourth-order valence-electron chi connectivity index (χ4n) is 0.878. The first-order valence-corrected chi connectivity index (χ1v) is 5.15. The van der Waals surface area contributed by atoms with Crippen molar-refractivity contribution in [1.29, 1.82) is 0 Å². The standard InChI is InChI=1S/C12H24O/c1-10(9-13)7-6-8-11(2)12(3,4)5/h6,8,10-11,13H,7,9H2,1-5H3. The van der Waals surface area contributed by atoms with Crippen molar-refractivity contribution in [2.75, 3.05) is 6.61 Å². The van der Waals surface area contributed by atoms with Gasteiger partial charge in [-0.1, -0.05) is 46.8 Å². The van der Waals surface area contributed by atoms with Crippen LogP contribution >= 0.6 is 0 Å². The van der Waals surface area contributed by atoms with Gasteiger partial charge in [0.25, 0.3) is 0 Å². The van der Waals surface area contributed by atoms with Crippen LogP contribution in [0.5, 0.6) is 0 Å². The van der Waals surface area contributed by atoms with Crippen LogP contribution in [-0.4, -0.2) is 11.7 Å². The summed E-state index contributed by atoms with van der Waals surface area (Å²) >= 11 is 0. The molecular formula is C12H24O. The second-order valence-electron chi connectivity index (χ2n) is 5.11. The van der Waals surface area contributed by atoms with Crippen LogP contribution < -0.4 is 0 Å². The molecule has 0 aliphatic heterocycles. The third-order valence-electron chi connectivity index (χ3n) is 2.64. The van der Waals surface area contributed by atoms with E-state index < -0.39 is 0 Å². The molecule has 0 aliphatic carbocycles. The minimum absolute atomic E-state index is 0.286. The Hall–Kier alpha value is -0.300. The molecular weight excluding hydrogens is 160 g/mol. The van der Waals surface area contributed by atoms with E-state index in [0.29, 0.717) is 17.3 Å². The molecule has 1 nitrogen and oxygen atoms in total. The minimum atomic E-state index is 0.286. The van der Waals surface area contributed by atoms with Gasteiger partial charge in [-0.05, 0) is 23.7 Å². The summed E-state index contributed by atoms with van der Waals surface area (Å²) in [6, 6.07) is 0. The largest absolute Gasteiger partial charge is 0.396 e. The first-order valence-electron chi connectivity index (χ1n) is 5.15. The Kier molecular flexibility index (Phi) is 5.31. The Morgan fingerprint density at radius 1 is 1.23 bits per heavy atom. The molecule has 0 bridgehead atoms. The average Bonchev–Trinajstić information content (AvgIpc) is 2.02. The summed E-state index contributed by atoms with van der Waals surface area (Å²) in [5.74, 6) is 0.988. The van der Waals surface area contributed by atoms with Gasteiger partial charge in [0.15, 0.2) is 0 Å². The van der Waals surface area contributed by atoms with E-state index in [9.17, 15) is 0 Å². The number of allylic oxidation sites excluding steroid dienone is 2. The lowest BCUT2D eigenvalue weighted by atomic mass is 9.82. The monoisotopic (exact) mass is 184 g/mol. The summed E-state index contributed by atoms with van der Waals surface area (Å²) in [6.45, 7) is 11.3. The van der Waals surface area contributed by atoms with Gasteiger partial charge in [-0.2, -0.15) is 0 Å². The van der Waals surface area contributed by atoms with Gasteiger partial charge in [-0.3, -0.25) is 0 Å². The van der Waals surface area contributed by atoms with E-state index in [1.165, 1.54) is 0 Å². The molecule has 13 heavy (non-hydrogen) atoms. The van der Waals surface area contributed by atoms with Crippen LogP contribution in [-0.2, 0) is 0 Å². The molecule has 0 aromatic carbocycles. The molecule has 0 aromatic heterocycles. The summed E-state index contributed by atoms with van der Waals surface area (Å²) in [4.78, 5) is 0. The summed E-state index contributed by atoms with van der Waals surface area (Å²) in [5, 5.41) is 8.83. The highest BCUT2D eigenvalue weighted by molar-refractivity contribution is 4.92. The molecule has 78 valence electrons. The Bertz CT molecular complexity index is 153. The molecule has 0 aromatic rings. The Morgan fingerprint density at radius 3 is 2.15 bits per heavy atom. The molecule has 0 rings (SSSR count). The van der Waals surface area contributed by atoms with Crippen LogP contribution in [0.15, 0.2) is 12.2 Å². The van der Waals surface area contributed by atoms with Crippen molar-refractivity contribution in [2.45, 2.75) is 41.0 Å². The van der Waals surface area contributed by atoms with Gasteiger partial charge in [-0.15, -0.1) is 0 Å². The molecule has 1 heteroatoms. The van der Waals surface area contributed by atoms with E-state index >= 15 is 0 Å². The fraction of sp³-hybridized carbons (Fsp3) is 0.833. The van der Waals surface area contributed by atoms with Crippen LogP contribution in [0.1, 0.15) is 41.0 Å². The van der Waals surface area contributed by atoms with Crippen LogP contribution in [0.4, 0.5) is 0 Å². The van der Waals surface area contributed by atoms with Crippen LogP contribution in [0.2, 0.25) is 0 Å². The van der Waals surface area contributed by atoms with Gasteiger partial charge < -0.3 is 5.11 Å². The maximum absolute atomic E-state index is 8.83. The lowest BCUT2D eigenvalue weighted by Gasteiger charge is -2.24. The van der Waals surface area contributed by atoms with Crippen molar-refractivity contribution in [3.63, 3.8) is 0 Å². The van der Waals surface area contributed by atoms with Gasteiger partial charge in [0.2, 0.25) is 0 Å². The van der Waals surface area contributed by atoms with Gasteiger partial charge in [0.1, 0.15) is 0 Å². The zero-order chi connectivity index (χ0) is 10.5. The van der Waals surface area contributed by atoms with E-state index in [1.54, 1.807) is 0 Å². The Labute approximate surface area is 82.9 Å². The van der Waals surface area contributed by atoms with Crippen molar-refractivity contribution in [3.05, 3.63) is 12.2 Å². The second kappa shape index (κ2) is 5.43. The van der Waals surface area contributed by atoms with Crippen molar-refractivity contribution in [2.24, 2.45) is 17.3 Å². The van der Waals surface area contributed by atoms with Gasteiger partial charge in [0.05, 0.1) is 0 Å². The normalized spacial score (nSPS) is 17.7. The summed E-state index contributed by atoms with van der Waals surface area (Å²) in [6.07, 6.45) is 5.43. The van der Waals surface area contributed by atoms with E-state index in [4.69, 9.17) is 5.11 Å². The molecule has 0 spiro atoms. The maximum Gasteiger partial charge on any atom is 0.0459 e. The predicted molar refractivity (Wildman–Crippen MR) is 58.6 cm³/mol. The maximum atomic E-state index is 8.83. The molecule has 0 amide bonds. The number of hydrogen-bond donors (Lipinski definition) is 1. The molecule has 0 saturated heterocycles. The van der Waals surface area contributed by atoms with E-state index in [-0.39, 0.29) is 6.61 Å². The van der Waals surface area contributed by atoms with Crippen LogP contribution in [0, 0.1) is 17.3 Å². The zero-order valence-electron chi connectivity index (χ0n) is 9.67. The van der Waals surface area contributed by atoms with Crippen molar-refractivity contribution < 1.29 is 5.11 Å². The smallest absolute Gasteiger partial charge is 0.0459 e. The highest BCUT2D eigenvalue weighted by Crippen LogP contribution is 2.26. The first kappa shape index (κ1) is 12.7. The van der Waals surface area contributed by atoms with E-state index in [0.717, 1.165) is 6.42 Å². The number of hydrogen-bond acceptors (Lipinski definition) is 1. The molecule has 0 fully saturated rings. The Morgan fingerprint density at radius 2 is 1.77 bits per heavy atom. The van der Waals surface area contributed by atoms with Crippen LogP contribution in [0.25, 0.3) is 0 Å². The first-order chi connectivity index (χ1) is 5.88. The van der Waals surface area contributed by atoms with Crippen molar-refractivity contribution in [1.82, 2.24) is 0 Å². The summed E-state index contributed by atoms with van der Waals surface area (Å²) in [7, 11) is 0. The molecule has 0 aliphatic rings. The summed E-state index contributed by atoms with van der Waals surface area (Å²) in [5.41, 5.74) is 0.346. The minimum Gasteiger partial charge on any atom is -0.396 e. The quantitative estimate of drug-likeness (QED) is 0.665. The molecule has 0 heterocycles. The molecule has 1 N–H and O–H groups in total. The second-order valence-corrected chi connectivity index (χ2v) is 5.11. The molecule has 0 saturated carbocycles. The van der Waals surface area contributed by atoms with Crippen molar-refractivity contribution >= 4 is 0 Å². The topological polar surface area (TPSA) is 20.2 Å². The van der Waals surface area contributed by atoms with Gasteiger partial charge in [-0.25, -0.2) is 0 Å². The lowest BCUT2D eigenvalue weighted by molar-refractivity contribution is 0.238. The average molecular weight is 184 g/mol. The number of aliphatic hydroxyl groups excluding tert-OH is 1. The fourth-order valence-corrected chi connectivity index (χ4v) is 0.878. The van der Waals surface area contributed by atoms with Gasteiger partial charge in [0, 0.05) is 6.61 Å². The predicted octanol–water partition coefficient (Wildman–Crippen LogP) is 3.24. The number of rotatable bonds is 4. The number of aliphatic hydroxyl groups is 1. The highest BCUT2D eigenvalue weighted by atomic mass is 16.3. The molecule has 0 radical (unpaired) electrons. The van der Waals surface area contributed by atoms with Gasteiger partial charge >= 0.3 is 0 Å². The zero-order valence-corrected chi connectivity index (χ0v) is 9.67. The van der Waals surface area contributed by atoms with E-state index in [1.807, 2.05) is 0 Å². The van der Waals surface area contributed by atoms with Crippen LogP contribution in [0.3, 0.4) is 0 Å².